The summed E-state index contributed by atoms with van der Waals surface area (Å²) in [6.07, 6.45) is 2.42. The van der Waals surface area contributed by atoms with Crippen molar-refractivity contribution >= 4 is 22.6 Å². The molecule has 0 atom stereocenters. The van der Waals surface area contributed by atoms with Gasteiger partial charge in [0.2, 0.25) is 5.91 Å². The summed E-state index contributed by atoms with van der Waals surface area (Å²) < 4.78 is 1.56. The molecule has 2 aromatic heterocycles. The number of fused-ring (bicyclic) bond motifs is 1. The summed E-state index contributed by atoms with van der Waals surface area (Å²) in [7, 11) is 0. The fraction of sp³-hybridized carbons (Fsp3) is 0.263. The van der Waals surface area contributed by atoms with Crippen LogP contribution < -0.4 is 10.9 Å². The third-order valence-corrected chi connectivity index (χ3v) is 4.01. The number of nitrogens with one attached hydrogen (secondary N) is 1. The molecular weight excluding hydrogens is 316 g/mol. The molecular formula is C19H20N4O2. The molecule has 0 fully saturated rings. The van der Waals surface area contributed by atoms with E-state index in [-0.39, 0.29) is 11.5 Å². The van der Waals surface area contributed by atoms with Gasteiger partial charge in [-0.2, -0.15) is 0 Å². The number of anilines is 1. The smallest absolute Gasteiger partial charge is 0.261 e. The van der Waals surface area contributed by atoms with Crippen LogP contribution >= 0.6 is 0 Å². The van der Waals surface area contributed by atoms with E-state index in [1.165, 1.54) is 0 Å². The molecule has 0 aliphatic rings. The van der Waals surface area contributed by atoms with Crippen molar-refractivity contribution < 1.29 is 4.79 Å². The zero-order chi connectivity index (χ0) is 17.8. The molecule has 6 nitrogen and oxygen atoms in total. The number of aromatic nitrogens is 3. The Morgan fingerprint density at radius 3 is 2.76 bits per heavy atom. The Balaban J connectivity index is 1.62. The fourth-order valence-corrected chi connectivity index (χ4v) is 2.72. The van der Waals surface area contributed by atoms with Crippen LogP contribution in [0.4, 0.5) is 5.82 Å². The van der Waals surface area contributed by atoms with Gasteiger partial charge in [0.1, 0.15) is 5.82 Å². The minimum atomic E-state index is -0.115. The highest BCUT2D eigenvalue weighted by Crippen LogP contribution is 2.11. The third kappa shape index (κ3) is 3.91. The van der Waals surface area contributed by atoms with Gasteiger partial charge in [-0.1, -0.05) is 18.2 Å². The number of hydrogen-bond donors (Lipinski definition) is 1. The molecule has 0 aliphatic carbocycles. The van der Waals surface area contributed by atoms with Crippen molar-refractivity contribution in [3.63, 3.8) is 0 Å². The molecule has 1 aromatic carbocycles. The molecule has 0 bridgehead atoms. The van der Waals surface area contributed by atoms with Crippen LogP contribution in [0.15, 0.2) is 47.5 Å². The van der Waals surface area contributed by atoms with Crippen LogP contribution in [0, 0.1) is 13.8 Å². The number of para-hydroxylation sites is 1. The zero-order valence-corrected chi connectivity index (χ0v) is 14.3. The summed E-state index contributed by atoms with van der Waals surface area (Å²) in [5.74, 6) is 0.431. The van der Waals surface area contributed by atoms with Crippen molar-refractivity contribution in [2.24, 2.45) is 0 Å². The molecule has 0 unspecified atom stereocenters. The second-order valence-corrected chi connectivity index (χ2v) is 6.03. The molecule has 1 N–H and O–H groups in total. The SMILES string of the molecule is Cc1cccc(NC(=O)CCCn2cnc3c(C)cccc3c2=O)n1. The Kier molecular flexibility index (Phi) is 4.88. The Bertz CT molecular complexity index is 979. The number of carbonyl (C=O) groups excluding carboxylic acids is 1. The Morgan fingerprint density at radius 2 is 1.96 bits per heavy atom. The van der Waals surface area contributed by atoms with E-state index in [1.807, 2.05) is 38.1 Å². The highest BCUT2D eigenvalue weighted by Gasteiger charge is 2.07. The van der Waals surface area contributed by atoms with E-state index < -0.39 is 0 Å². The Labute approximate surface area is 145 Å². The van der Waals surface area contributed by atoms with E-state index in [4.69, 9.17) is 0 Å². The molecule has 3 aromatic rings. The van der Waals surface area contributed by atoms with Crippen LogP contribution in [-0.2, 0) is 11.3 Å². The van der Waals surface area contributed by atoms with Gasteiger partial charge in [-0.25, -0.2) is 9.97 Å². The van der Waals surface area contributed by atoms with Gasteiger partial charge in [-0.15, -0.1) is 0 Å². The first-order valence-electron chi connectivity index (χ1n) is 8.23. The summed E-state index contributed by atoms with van der Waals surface area (Å²) in [4.78, 5) is 33.1. The van der Waals surface area contributed by atoms with Crippen LogP contribution in [0.1, 0.15) is 24.1 Å². The first-order valence-corrected chi connectivity index (χ1v) is 8.23. The molecule has 2 heterocycles. The second-order valence-electron chi connectivity index (χ2n) is 6.03. The molecule has 128 valence electrons. The predicted molar refractivity (Wildman–Crippen MR) is 97.6 cm³/mol. The molecule has 0 spiro atoms. The van der Waals surface area contributed by atoms with Crippen LogP contribution in [0.5, 0.6) is 0 Å². The van der Waals surface area contributed by atoms with Gasteiger partial charge >= 0.3 is 0 Å². The summed E-state index contributed by atoms with van der Waals surface area (Å²) in [6, 6.07) is 11.0. The topological polar surface area (TPSA) is 76.9 Å². The maximum Gasteiger partial charge on any atom is 0.261 e. The number of rotatable bonds is 5. The average molecular weight is 336 g/mol. The van der Waals surface area contributed by atoms with Gasteiger partial charge in [0.25, 0.3) is 5.56 Å². The normalized spacial score (nSPS) is 10.8. The fourth-order valence-electron chi connectivity index (χ4n) is 2.72. The van der Waals surface area contributed by atoms with Gasteiger partial charge in [0, 0.05) is 18.7 Å². The van der Waals surface area contributed by atoms with E-state index in [0.717, 1.165) is 16.8 Å². The lowest BCUT2D eigenvalue weighted by Gasteiger charge is -2.08. The molecule has 6 heteroatoms. The number of benzene rings is 1. The summed E-state index contributed by atoms with van der Waals surface area (Å²) in [6.45, 7) is 4.25. The molecule has 0 saturated carbocycles. The van der Waals surface area contributed by atoms with E-state index >= 15 is 0 Å². The van der Waals surface area contributed by atoms with Crippen molar-refractivity contribution in [2.75, 3.05) is 5.32 Å². The largest absolute Gasteiger partial charge is 0.311 e. The number of carbonyl (C=O) groups is 1. The Morgan fingerprint density at radius 1 is 1.16 bits per heavy atom. The van der Waals surface area contributed by atoms with Crippen molar-refractivity contribution in [2.45, 2.75) is 33.2 Å². The Hall–Kier alpha value is -3.02. The number of aryl methyl sites for hydroxylation is 3. The van der Waals surface area contributed by atoms with Gasteiger partial charge in [0.05, 0.1) is 17.2 Å². The lowest BCUT2D eigenvalue weighted by Crippen LogP contribution is -2.22. The molecule has 1 amide bonds. The van der Waals surface area contributed by atoms with E-state index in [2.05, 4.69) is 15.3 Å². The standard InChI is InChI=1S/C19H20N4O2/c1-13-6-3-8-15-18(13)20-12-23(19(15)25)11-5-10-17(24)22-16-9-4-7-14(2)21-16/h3-4,6-9,12H,5,10-11H2,1-2H3,(H,21,22,24). The predicted octanol–water partition coefficient (Wildman–Crippen LogP) is 2.83. The van der Waals surface area contributed by atoms with Crippen LogP contribution in [-0.4, -0.2) is 20.4 Å². The van der Waals surface area contributed by atoms with Crippen molar-refractivity contribution in [1.29, 1.82) is 0 Å². The van der Waals surface area contributed by atoms with Gasteiger partial charge in [-0.3, -0.25) is 14.2 Å². The summed E-state index contributed by atoms with van der Waals surface area (Å²) in [5.41, 5.74) is 2.48. The maximum atomic E-state index is 12.5. The van der Waals surface area contributed by atoms with Crippen LogP contribution in [0.3, 0.4) is 0 Å². The molecule has 0 saturated heterocycles. The zero-order valence-electron chi connectivity index (χ0n) is 14.3. The highest BCUT2D eigenvalue weighted by atomic mass is 16.1. The van der Waals surface area contributed by atoms with E-state index in [0.29, 0.717) is 30.6 Å². The van der Waals surface area contributed by atoms with Crippen molar-refractivity contribution in [3.05, 3.63) is 64.3 Å². The molecule has 3 rings (SSSR count). The second kappa shape index (κ2) is 7.25. The lowest BCUT2D eigenvalue weighted by molar-refractivity contribution is -0.116. The van der Waals surface area contributed by atoms with E-state index in [1.54, 1.807) is 23.0 Å². The minimum absolute atomic E-state index is 0.0746. The minimum Gasteiger partial charge on any atom is -0.311 e. The van der Waals surface area contributed by atoms with Gasteiger partial charge in [-0.05, 0) is 44.0 Å². The molecule has 25 heavy (non-hydrogen) atoms. The van der Waals surface area contributed by atoms with Crippen molar-refractivity contribution in [3.8, 4) is 0 Å². The average Bonchev–Trinajstić information content (AvgIpc) is 2.57. The van der Waals surface area contributed by atoms with Crippen LogP contribution in [0.2, 0.25) is 0 Å². The lowest BCUT2D eigenvalue weighted by atomic mass is 10.1. The quantitative estimate of drug-likeness (QED) is 0.777. The van der Waals surface area contributed by atoms with Crippen LogP contribution in [0.25, 0.3) is 10.9 Å². The molecule has 0 radical (unpaired) electrons. The van der Waals surface area contributed by atoms with Gasteiger partial charge in [0.15, 0.2) is 0 Å². The van der Waals surface area contributed by atoms with Gasteiger partial charge < -0.3 is 5.32 Å². The number of hydrogen-bond acceptors (Lipinski definition) is 4. The monoisotopic (exact) mass is 336 g/mol. The first-order chi connectivity index (χ1) is 12.0. The number of nitrogens with zero attached hydrogens (tertiary/aromatic N) is 3. The highest BCUT2D eigenvalue weighted by molar-refractivity contribution is 5.89. The van der Waals surface area contributed by atoms with E-state index in [9.17, 15) is 9.59 Å². The summed E-state index contributed by atoms with van der Waals surface area (Å²) in [5, 5.41) is 3.37. The first kappa shape index (κ1) is 16.8. The molecule has 0 aliphatic heterocycles. The summed E-state index contributed by atoms with van der Waals surface area (Å²) >= 11 is 0. The number of amides is 1. The third-order valence-electron chi connectivity index (χ3n) is 4.01. The number of pyridine rings is 1. The van der Waals surface area contributed by atoms with Crippen molar-refractivity contribution in [1.82, 2.24) is 14.5 Å². The maximum absolute atomic E-state index is 12.5.